The number of nitrogens with one attached hydrogen (secondary N) is 2. The van der Waals surface area contributed by atoms with Crippen LogP contribution in [0.3, 0.4) is 0 Å². The Hall–Kier alpha value is -1.23. The lowest BCUT2D eigenvalue weighted by Crippen LogP contribution is -2.22. The molecule has 1 aromatic carbocycles. The Morgan fingerprint density at radius 2 is 2.12 bits per heavy atom. The summed E-state index contributed by atoms with van der Waals surface area (Å²) < 4.78 is 37.7. The van der Waals surface area contributed by atoms with Gasteiger partial charge in [0.25, 0.3) is 0 Å². The van der Waals surface area contributed by atoms with Gasteiger partial charge in [-0.1, -0.05) is 6.07 Å². The molecule has 0 bridgehead atoms. The van der Waals surface area contributed by atoms with E-state index >= 15 is 0 Å². The maximum Gasteiger partial charge on any atom is 0.416 e. The quantitative estimate of drug-likeness (QED) is 0.836. The first-order valence-corrected chi connectivity index (χ1v) is 5.62. The third-order valence-corrected chi connectivity index (χ3v) is 2.98. The Balaban J connectivity index is 2.20. The Morgan fingerprint density at radius 1 is 1.35 bits per heavy atom. The number of benzene rings is 1. The van der Waals surface area contributed by atoms with E-state index in [9.17, 15) is 13.2 Å². The number of rotatable bonds is 2. The van der Waals surface area contributed by atoms with Gasteiger partial charge in [-0.25, -0.2) is 0 Å². The second kappa shape index (κ2) is 4.56. The van der Waals surface area contributed by atoms with Gasteiger partial charge in [-0.3, -0.25) is 0 Å². The molecule has 1 fully saturated rings. The summed E-state index contributed by atoms with van der Waals surface area (Å²) in [5, 5.41) is 6.33. The van der Waals surface area contributed by atoms with Crippen molar-refractivity contribution in [2.45, 2.75) is 25.6 Å². The molecule has 2 nitrogen and oxygen atoms in total. The third kappa shape index (κ3) is 2.91. The maximum atomic E-state index is 12.6. The van der Waals surface area contributed by atoms with Gasteiger partial charge < -0.3 is 10.6 Å². The standard InChI is InChI=1S/C12H15F3N2/c1-8-2-3-9(12(13,14)15)6-11(8)17-10-4-5-16-7-10/h2-3,6,10,16-17H,4-5,7H2,1H3. The zero-order valence-corrected chi connectivity index (χ0v) is 9.56. The van der Waals surface area contributed by atoms with Crippen molar-refractivity contribution in [2.75, 3.05) is 18.4 Å². The van der Waals surface area contributed by atoms with Gasteiger partial charge in [0.05, 0.1) is 5.56 Å². The Kier molecular flexibility index (Phi) is 3.28. The number of alkyl halides is 3. The van der Waals surface area contributed by atoms with Gasteiger partial charge in [0.1, 0.15) is 0 Å². The summed E-state index contributed by atoms with van der Waals surface area (Å²) in [6.45, 7) is 3.52. The lowest BCUT2D eigenvalue weighted by atomic mass is 10.1. The van der Waals surface area contributed by atoms with E-state index in [4.69, 9.17) is 0 Å². The van der Waals surface area contributed by atoms with Crippen LogP contribution in [0.5, 0.6) is 0 Å². The van der Waals surface area contributed by atoms with Crippen molar-refractivity contribution in [1.82, 2.24) is 5.32 Å². The van der Waals surface area contributed by atoms with Gasteiger partial charge in [0.15, 0.2) is 0 Å². The van der Waals surface area contributed by atoms with Gasteiger partial charge in [0, 0.05) is 18.3 Å². The monoisotopic (exact) mass is 244 g/mol. The van der Waals surface area contributed by atoms with Gasteiger partial charge in [-0.2, -0.15) is 13.2 Å². The van der Waals surface area contributed by atoms with Crippen LogP contribution in [0.2, 0.25) is 0 Å². The normalized spacial score (nSPS) is 20.6. The second-order valence-electron chi connectivity index (χ2n) is 4.36. The highest BCUT2D eigenvalue weighted by molar-refractivity contribution is 5.54. The van der Waals surface area contributed by atoms with Crippen molar-refractivity contribution in [1.29, 1.82) is 0 Å². The van der Waals surface area contributed by atoms with Crippen LogP contribution in [-0.4, -0.2) is 19.1 Å². The molecule has 1 heterocycles. The molecule has 1 aliphatic rings. The first-order chi connectivity index (χ1) is 7.97. The molecule has 1 saturated heterocycles. The van der Waals surface area contributed by atoms with Gasteiger partial charge in [0.2, 0.25) is 0 Å². The highest BCUT2D eigenvalue weighted by Gasteiger charge is 2.31. The molecule has 0 amide bonds. The molecule has 0 spiro atoms. The van der Waals surface area contributed by atoms with Crippen molar-refractivity contribution >= 4 is 5.69 Å². The zero-order chi connectivity index (χ0) is 12.5. The molecule has 2 N–H and O–H groups in total. The van der Waals surface area contributed by atoms with E-state index in [1.807, 2.05) is 6.92 Å². The predicted octanol–water partition coefficient (Wildman–Crippen LogP) is 2.79. The van der Waals surface area contributed by atoms with E-state index < -0.39 is 11.7 Å². The molecule has 1 atom stereocenters. The van der Waals surface area contributed by atoms with Crippen LogP contribution in [0.25, 0.3) is 0 Å². The molecule has 2 rings (SSSR count). The second-order valence-corrected chi connectivity index (χ2v) is 4.36. The molecule has 0 aromatic heterocycles. The van der Waals surface area contributed by atoms with Gasteiger partial charge >= 0.3 is 6.18 Å². The van der Waals surface area contributed by atoms with Crippen LogP contribution in [0.1, 0.15) is 17.5 Å². The number of hydrogen-bond donors (Lipinski definition) is 2. The Labute approximate surface area is 98.2 Å². The first kappa shape index (κ1) is 12.2. The number of aryl methyl sites for hydroxylation is 1. The lowest BCUT2D eigenvalue weighted by Gasteiger charge is -2.17. The molecule has 1 aromatic rings. The molecule has 1 unspecified atom stereocenters. The van der Waals surface area contributed by atoms with Gasteiger partial charge in [-0.15, -0.1) is 0 Å². The average molecular weight is 244 g/mol. The molecule has 0 aliphatic carbocycles. The summed E-state index contributed by atoms with van der Waals surface area (Å²) in [6.07, 6.45) is -3.34. The van der Waals surface area contributed by atoms with Crippen molar-refractivity contribution in [3.63, 3.8) is 0 Å². The molecule has 5 heteroatoms. The smallest absolute Gasteiger partial charge is 0.381 e. The fourth-order valence-electron chi connectivity index (χ4n) is 1.95. The third-order valence-electron chi connectivity index (χ3n) is 2.98. The van der Waals surface area contributed by atoms with E-state index in [1.54, 1.807) is 0 Å². The molecular formula is C12H15F3N2. The summed E-state index contributed by atoms with van der Waals surface area (Å²) >= 11 is 0. The zero-order valence-electron chi connectivity index (χ0n) is 9.56. The fraction of sp³-hybridized carbons (Fsp3) is 0.500. The van der Waals surface area contributed by atoms with Crippen LogP contribution in [0.4, 0.5) is 18.9 Å². The van der Waals surface area contributed by atoms with Gasteiger partial charge in [-0.05, 0) is 37.6 Å². The van der Waals surface area contributed by atoms with E-state index in [1.165, 1.54) is 12.1 Å². The number of anilines is 1. The minimum atomic E-state index is -4.28. The molecular weight excluding hydrogens is 229 g/mol. The summed E-state index contributed by atoms with van der Waals surface area (Å²) in [7, 11) is 0. The van der Waals surface area contributed by atoms with E-state index in [0.29, 0.717) is 5.69 Å². The minimum absolute atomic E-state index is 0.220. The highest BCUT2D eigenvalue weighted by Crippen LogP contribution is 2.32. The first-order valence-electron chi connectivity index (χ1n) is 5.62. The average Bonchev–Trinajstić information content (AvgIpc) is 2.72. The van der Waals surface area contributed by atoms with Crippen LogP contribution in [0, 0.1) is 6.92 Å². The van der Waals surface area contributed by atoms with Crippen molar-refractivity contribution in [3.05, 3.63) is 29.3 Å². The molecule has 17 heavy (non-hydrogen) atoms. The minimum Gasteiger partial charge on any atom is -0.381 e. The maximum absolute atomic E-state index is 12.6. The summed E-state index contributed by atoms with van der Waals surface area (Å²) in [5.74, 6) is 0. The van der Waals surface area contributed by atoms with E-state index in [0.717, 1.165) is 31.1 Å². The van der Waals surface area contributed by atoms with Crippen LogP contribution in [0.15, 0.2) is 18.2 Å². The predicted molar refractivity (Wildman–Crippen MR) is 61.1 cm³/mol. The van der Waals surface area contributed by atoms with Crippen LogP contribution >= 0.6 is 0 Å². The van der Waals surface area contributed by atoms with E-state index in [-0.39, 0.29) is 6.04 Å². The van der Waals surface area contributed by atoms with Crippen molar-refractivity contribution < 1.29 is 13.2 Å². The lowest BCUT2D eigenvalue weighted by molar-refractivity contribution is -0.137. The van der Waals surface area contributed by atoms with E-state index in [2.05, 4.69) is 10.6 Å². The highest BCUT2D eigenvalue weighted by atomic mass is 19.4. The van der Waals surface area contributed by atoms with Crippen LogP contribution in [-0.2, 0) is 6.18 Å². The Morgan fingerprint density at radius 3 is 2.71 bits per heavy atom. The van der Waals surface area contributed by atoms with Crippen LogP contribution < -0.4 is 10.6 Å². The SMILES string of the molecule is Cc1ccc(C(F)(F)F)cc1NC1CCNC1. The molecule has 94 valence electrons. The molecule has 0 radical (unpaired) electrons. The number of halogens is 3. The summed E-state index contributed by atoms with van der Waals surface area (Å²) in [6, 6.07) is 4.03. The molecule has 0 saturated carbocycles. The Bertz CT molecular complexity index is 395. The number of hydrogen-bond acceptors (Lipinski definition) is 2. The van der Waals surface area contributed by atoms with Crippen molar-refractivity contribution in [2.24, 2.45) is 0 Å². The largest absolute Gasteiger partial charge is 0.416 e. The fourth-order valence-corrected chi connectivity index (χ4v) is 1.95. The summed E-state index contributed by atoms with van der Waals surface area (Å²) in [4.78, 5) is 0. The van der Waals surface area contributed by atoms with Crippen molar-refractivity contribution in [3.8, 4) is 0 Å². The topological polar surface area (TPSA) is 24.1 Å². The molecule has 1 aliphatic heterocycles. The summed E-state index contributed by atoms with van der Waals surface area (Å²) in [5.41, 5.74) is 0.815.